The van der Waals surface area contributed by atoms with Gasteiger partial charge in [0.1, 0.15) is 12.1 Å². The standard InChI is InChI=1S/C27H30N2O5/c30-24(31)15-17-7-1-6-12-23(17)28-25(32)27(13-14-27)29-26(33)34-16-22-20-10-4-2-8-18(20)19-9-3-5-11-21(19)22/h2-5,8-11,17,22-23H,1,6-7,12-16H2,(H,28,32)(H,29,33)(H,30,31). The lowest BCUT2D eigenvalue weighted by atomic mass is 9.82. The van der Waals surface area contributed by atoms with E-state index in [-0.39, 0.29) is 36.8 Å². The number of amides is 2. The Bertz CT molecular complexity index is 1060. The molecule has 2 unspecified atom stereocenters. The maximum Gasteiger partial charge on any atom is 0.408 e. The van der Waals surface area contributed by atoms with E-state index < -0.39 is 17.6 Å². The normalized spacial score (nSPS) is 22.2. The van der Waals surface area contributed by atoms with Crippen molar-refractivity contribution in [3.05, 3.63) is 59.7 Å². The molecule has 7 nitrogen and oxygen atoms in total. The molecule has 3 N–H and O–H groups in total. The van der Waals surface area contributed by atoms with E-state index in [0.29, 0.717) is 12.8 Å². The Balaban J connectivity index is 1.20. The number of carboxylic acids is 1. The maximum absolute atomic E-state index is 13.0. The molecule has 5 rings (SSSR count). The average Bonchev–Trinajstić information content (AvgIpc) is 3.54. The molecule has 178 valence electrons. The lowest BCUT2D eigenvalue weighted by Gasteiger charge is -2.32. The fraction of sp³-hybridized carbons (Fsp3) is 0.444. The molecule has 2 amide bonds. The number of carbonyl (C=O) groups is 3. The van der Waals surface area contributed by atoms with Crippen LogP contribution in [0.25, 0.3) is 11.1 Å². The number of hydrogen-bond donors (Lipinski definition) is 3. The van der Waals surface area contributed by atoms with Crippen LogP contribution in [0.2, 0.25) is 0 Å². The predicted octanol–water partition coefficient (Wildman–Crippen LogP) is 4.21. The van der Waals surface area contributed by atoms with Crippen LogP contribution in [-0.2, 0) is 14.3 Å². The zero-order chi connectivity index (χ0) is 23.7. The molecule has 0 radical (unpaired) electrons. The van der Waals surface area contributed by atoms with Gasteiger partial charge in [-0.15, -0.1) is 0 Å². The third-order valence-corrected chi connectivity index (χ3v) is 7.53. The van der Waals surface area contributed by atoms with Crippen LogP contribution in [0.4, 0.5) is 4.79 Å². The molecule has 0 heterocycles. The zero-order valence-electron chi connectivity index (χ0n) is 19.1. The van der Waals surface area contributed by atoms with E-state index in [2.05, 4.69) is 34.9 Å². The second-order valence-corrected chi connectivity index (χ2v) is 9.76. The van der Waals surface area contributed by atoms with Gasteiger partial charge in [0, 0.05) is 12.0 Å². The highest BCUT2D eigenvalue weighted by atomic mass is 16.5. The molecule has 7 heteroatoms. The highest BCUT2D eigenvalue weighted by molar-refractivity contribution is 5.93. The number of rotatable bonds is 7. The summed E-state index contributed by atoms with van der Waals surface area (Å²) in [5, 5.41) is 15.0. The molecule has 3 aliphatic rings. The minimum atomic E-state index is -0.951. The molecule has 0 aromatic heterocycles. The van der Waals surface area contributed by atoms with Gasteiger partial charge < -0.3 is 20.5 Å². The summed E-state index contributed by atoms with van der Waals surface area (Å²) in [6, 6.07) is 16.1. The van der Waals surface area contributed by atoms with E-state index in [1.165, 1.54) is 0 Å². The number of alkyl carbamates (subject to hydrolysis) is 1. The molecule has 2 atom stereocenters. The first-order valence-electron chi connectivity index (χ1n) is 12.1. The van der Waals surface area contributed by atoms with Crippen molar-refractivity contribution in [2.75, 3.05) is 6.61 Å². The summed E-state index contributed by atoms with van der Waals surface area (Å²) in [6.45, 7) is 0.195. The minimum Gasteiger partial charge on any atom is -0.481 e. The number of nitrogens with one attached hydrogen (secondary N) is 2. The van der Waals surface area contributed by atoms with Crippen LogP contribution in [0.3, 0.4) is 0 Å². The van der Waals surface area contributed by atoms with Gasteiger partial charge in [-0.25, -0.2) is 4.79 Å². The summed E-state index contributed by atoms with van der Waals surface area (Å²) in [5.41, 5.74) is 3.64. The first-order valence-corrected chi connectivity index (χ1v) is 12.1. The van der Waals surface area contributed by atoms with Gasteiger partial charge in [-0.1, -0.05) is 61.4 Å². The van der Waals surface area contributed by atoms with Gasteiger partial charge in [0.15, 0.2) is 0 Å². The third kappa shape index (κ3) is 4.39. The topological polar surface area (TPSA) is 105 Å². The monoisotopic (exact) mass is 462 g/mol. The Hall–Kier alpha value is -3.35. The Morgan fingerprint density at radius 2 is 1.56 bits per heavy atom. The summed E-state index contributed by atoms with van der Waals surface area (Å²) in [5.74, 6) is -1.19. The number of fused-ring (bicyclic) bond motifs is 3. The van der Waals surface area contributed by atoms with E-state index in [4.69, 9.17) is 4.74 Å². The van der Waals surface area contributed by atoms with Gasteiger partial charge in [-0.2, -0.15) is 0 Å². The molecule has 0 aliphatic heterocycles. The Morgan fingerprint density at radius 1 is 0.941 bits per heavy atom. The molecular weight excluding hydrogens is 432 g/mol. The SMILES string of the molecule is O=C(O)CC1CCCCC1NC(=O)C1(NC(=O)OCC2c3ccccc3-c3ccccc32)CC1. The van der Waals surface area contributed by atoms with Crippen molar-refractivity contribution < 1.29 is 24.2 Å². The largest absolute Gasteiger partial charge is 0.481 e. The number of carbonyl (C=O) groups excluding carboxylic acids is 2. The number of benzene rings is 2. The van der Waals surface area contributed by atoms with Crippen LogP contribution < -0.4 is 10.6 Å². The van der Waals surface area contributed by atoms with Crippen molar-refractivity contribution >= 4 is 18.0 Å². The van der Waals surface area contributed by atoms with Gasteiger partial charge in [0.2, 0.25) is 5.91 Å². The number of ether oxygens (including phenoxy) is 1. The van der Waals surface area contributed by atoms with Crippen molar-refractivity contribution in [2.24, 2.45) is 5.92 Å². The first-order chi connectivity index (χ1) is 16.5. The molecule has 0 bridgehead atoms. The zero-order valence-corrected chi connectivity index (χ0v) is 19.1. The minimum absolute atomic E-state index is 0.0406. The Kier molecular flexibility index (Phi) is 6.02. The van der Waals surface area contributed by atoms with Gasteiger partial charge in [0.05, 0.1) is 6.42 Å². The van der Waals surface area contributed by atoms with Crippen LogP contribution in [0.15, 0.2) is 48.5 Å². The van der Waals surface area contributed by atoms with Crippen LogP contribution in [0.1, 0.15) is 62.0 Å². The van der Waals surface area contributed by atoms with E-state index in [1.54, 1.807) is 0 Å². The molecule has 2 saturated carbocycles. The molecule has 2 aromatic carbocycles. The summed E-state index contributed by atoms with van der Waals surface area (Å²) in [6.07, 6.45) is 4.08. The van der Waals surface area contributed by atoms with Gasteiger partial charge in [0.25, 0.3) is 0 Å². The summed E-state index contributed by atoms with van der Waals surface area (Å²) < 4.78 is 5.62. The van der Waals surface area contributed by atoms with Gasteiger partial charge >= 0.3 is 12.1 Å². The van der Waals surface area contributed by atoms with Gasteiger partial charge in [-0.05, 0) is 53.9 Å². The van der Waals surface area contributed by atoms with Crippen LogP contribution >= 0.6 is 0 Å². The van der Waals surface area contributed by atoms with Crippen molar-refractivity contribution in [1.82, 2.24) is 10.6 Å². The maximum atomic E-state index is 13.0. The third-order valence-electron chi connectivity index (χ3n) is 7.53. The Labute approximate surface area is 198 Å². The first kappa shape index (κ1) is 22.4. The molecule has 0 spiro atoms. The van der Waals surface area contributed by atoms with Crippen molar-refractivity contribution in [2.45, 2.75) is 62.4 Å². The molecule has 2 fully saturated rings. The lowest BCUT2D eigenvalue weighted by Crippen LogP contribution is -2.54. The van der Waals surface area contributed by atoms with Gasteiger partial charge in [-0.3, -0.25) is 9.59 Å². The van der Waals surface area contributed by atoms with E-state index in [0.717, 1.165) is 47.9 Å². The molecule has 2 aromatic rings. The second-order valence-electron chi connectivity index (χ2n) is 9.76. The molecular formula is C27H30N2O5. The van der Waals surface area contributed by atoms with Crippen molar-refractivity contribution in [3.8, 4) is 11.1 Å². The predicted molar refractivity (Wildman–Crippen MR) is 126 cm³/mol. The van der Waals surface area contributed by atoms with Crippen LogP contribution in [-0.4, -0.2) is 41.3 Å². The van der Waals surface area contributed by atoms with Crippen LogP contribution in [0, 0.1) is 5.92 Å². The Morgan fingerprint density at radius 3 is 2.18 bits per heavy atom. The number of carboxylic acid groups (broad SMARTS) is 1. The molecule has 34 heavy (non-hydrogen) atoms. The second kappa shape index (κ2) is 9.12. The smallest absolute Gasteiger partial charge is 0.408 e. The summed E-state index contributed by atoms with van der Waals surface area (Å²) in [7, 11) is 0. The highest BCUT2D eigenvalue weighted by Crippen LogP contribution is 2.44. The highest BCUT2D eigenvalue weighted by Gasteiger charge is 2.52. The van der Waals surface area contributed by atoms with E-state index in [9.17, 15) is 19.5 Å². The van der Waals surface area contributed by atoms with Crippen molar-refractivity contribution in [3.63, 3.8) is 0 Å². The molecule has 3 aliphatic carbocycles. The number of aliphatic carboxylic acids is 1. The van der Waals surface area contributed by atoms with E-state index in [1.807, 2.05) is 24.3 Å². The van der Waals surface area contributed by atoms with E-state index >= 15 is 0 Å². The van der Waals surface area contributed by atoms with Crippen molar-refractivity contribution in [1.29, 1.82) is 0 Å². The average molecular weight is 463 g/mol. The fourth-order valence-electron chi connectivity index (χ4n) is 5.54. The summed E-state index contributed by atoms with van der Waals surface area (Å²) >= 11 is 0. The quantitative estimate of drug-likeness (QED) is 0.572. The molecule has 0 saturated heterocycles. The fourth-order valence-corrected chi connectivity index (χ4v) is 5.54. The number of hydrogen-bond acceptors (Lipinski definition) is 4. The summed E-state index contributed by atoms with van der Waals surface area (Å²) in [4.78, 5) is 36.9. The van der Waals surface area contributed by atoms with Crippen LogP contribution in [0.5, 0.6) is 0 Å². The lowest BCUT2D eigenvalue weighted by molar-refractivity contribution is -0.139.